The lowest BCUT2D eigenvalue weighted by atomic mass is 10.0. The number of H-pyrrole nitrogens is 1. The van der Waals surface area contributed by atoms with Crippen LogP contribution in [0, 0.1) is 13.8 Å². The lowest BCUT2D eigenvalue weighted by Crippen LogP contribution is -2.24. The fourth-order valence-corrected chi connectivity index (χ4v) is 5.18. The van der Waals surface area contributed by atoms with Crippen molar-refractivity contribution in [2.75, 3.05) is 14.1 Å². The number of hydrogen-bond acceptors (Lipinski definition) is 6. The van der Waals surface area contributed by atoms with Gasteiger partial charge in [-0.25, -0.2) is 0 Å². The van der Waals surface area contributed by atoms with Gasteiger partial charge in [0.2, 0.25) is 0 Å². The van der Waals surface area contributed by atoms with Crippen LogP contribution in [0.5, 0.6) is 0 Å². The van der Waals surface area contributed by atoms with Crippen LogP contribution in [0.4, 0.5) is 0 Å². The third kappa shape index (κ3) is 5.28. The predicted molar refractivity (Wildman–Crippen MR) is 132 cm³/mol. The van der Waals surface area contributed by atoms with Crippen molar-refractivity contribution < 1.29 is 9.59 Å². The molecule has 0 aliphatic rings. The number of Topliss-reactive ketones (excluding diaryl/α,β-unsaturated/α-hetero) is 2. The number of aromatic nitrogens is 4. The number of nitrogens with zero attached hydrogens (tertiary/aromatic N) is 4. The normalized spacial score (nSPS) is 13.3. The second kappa shape index (κ2) is 10.5. The molecule has 0 saturated heterocycles. The first kappa shape index (κ1) is 24.9. The maximum absolute atomic E-state index is 13.3. The fraction of sp³-hybridized carbons (Fsp3) is 0.440. The van der Waals surface area contributed by atoms with Crippen molar-refractivity contribution in [2.45, 2.75) is 64.0 Å². The van der Waals surface area contributed by atoms with E-state index in [0.717, 1.165) is 23.5 Å². The largest absolute Gasteiger partial charge is 0.355 e. The summed E-state index contributed by atoms with van der Waals surface area (Å²) in [5.41, 5.74) is 3.68. The highest BCUT2D eigenvalue weighted by Gasteiger charge is 2.28. The molecular formula is C25H33N5O2S. The van der Waals surface area contributed by atoms with Crippen molar-refractivity contribution in [3.63, 3.8) is 0 Å². The van der Waals surface area contributed by atoms with Crippen molar-refractivity contribution >= 4 is 23.3 Å². The fourth-order valence-electron chi connectivity index (χ4n) is 4.27. The number of benzene rings is 1. The molecule has 8 heteroatoms. The van der Waals surface area contributed by atoms with Crippen LogP contribution >= 0.6 is 11.8 Å². The highest BCUT2D eigenvalue weighted by atomic mass is 32.2. The maximum Gasteiger partial charge on any atom is 0.192 e. The van der Waals surface area contributed by atoms with Crippen molar-refractivity contribution in [1.29, 1.82) is 0 Å². The zero-order chi connectivity index (χ0) is 24.3. The SMILES string of the molecule is CC[C@H](c1nnc(S[C@@H](C)C(=O)c2[nH]c(C)c(C(C)=O)c2C)n1Cc1ccccc1)N(C)C. The molecule has 0 radical (unpaired) electrons. The van der Waals surface area contributed by atoms with Gasteiger partial charge < -0.3 is 9.55 Å². The van der Waals surface area contributed by atoms with E-state index in [1.54, 1.807) is 0 Å². The highest BCUT2D eigenvalue weighted by molar-refractivity contribution is 8.00. The van der Waals surface area contributed by atoms with Gasteiger partial charge >= 0.3 is 0 Å². The molecule has 3 aromatic rings. The average molecular weight is 468 g/mol. The monoisotopic (exact) mass is 467 g/mol. The van der Waals surface area contributed by atoms with Gasteiger partial charge in [-0.2, -0.15) is 0 Å². The molecule has 2 atom stereocenters. The Morgan fingerprint density at radius 2 is 1.82 bits per heavy atom. The smallest absolute Gasteiger partial charge is 0.192 e. The standard InChI is InChI=1S/C25H33N5O2S/c1-8-20(29(6)7)24-27-28-25(30(24)14-19-12-10-9-11-13-19)33-18(5)23(32)22-15(2)21(17(4)31)16(3)26-22/h9-13,18,20,26H,8,14H2,1-7H3/t18-,20+/m0/s1. The number of carbonyl (C=O) groups is 2. The van der Waals surface area contributed by atoms with Crippen molar-refractivity contribution in [2.24, 2.45) is 0 Å². The molecule has 2 aromatic heterocycles. The average Bonchev–Trinajstić information content (AvgIpc) is 3.28. The third-order valence-electron chi connectivity index (χ3n) is 5.92. The van der Waals surface area contributed by atoms with Crippen LogP contribution in [0.25, 0.3) is 0 Å². The minimum atomic E-state index is -0.396. The Bertz CT molecular complexity index is 1130. The maximum atomic E-state index is 13.3. The summed E-state index contributed by atoms with van der Waals surface area (Å²) in [5.74, 6) is 0.796. The first-order chi connectivity index (χ1) is 15.6. The van der Waals surface area contributed by atoms with E-state index in [0.29, 0.717) is 28.5 Å². The van der Waals surface area contributed by atoms with E-state index in [-0.39, 0.29) is 17.6 Å². The van der Waals surface area contributed by atoms with Gasteiger partial charge in [-0.05, 0) is 59.3 Å². The summed E-state index contributed by atoms with van der Waals surface area (Å²) in [7, 11) is 4.08. The lowest BCUT2D eigenvalue weighted by Gasteiger charge is -2.23. The first-order valence-corrected chi connectivity index (χ1v) is 12.1. The highest BCUT2D eigenvalue weighted by Crippen LogP contribution is 2.30. The molecule has 1 aromatic carbocycles. The van der Waals surface area contributed by atoms with Gasteiger partial charge in [0.15, 0.2) is 22.5 Å². The number of rotatable bonds is 10. The molecule has 0 aliphatic carbocycles. The molecule has 0 saturated carbocycles. The second-order valence-corrected chi connectivity index (χ2v) is 9.91. The van der Waals surface area contributed by atoms with Crippen LogP contribution < -0.4 is 0 Å². The number of hydrogen-bond donors (Lipinski definition) is 1. The number of ketones is 2. The Hall–Kier alpha value is -2.71. The van der Waals surface area contributed by atoms with Crippen LogP contribution in [-0.4, -0.2) is 55.6 Å². The van der Waals surface area contributed by atoms with Gasteiger partial charge in [0.05, 0.1) is 23.5 Å². The molecule has 2 heterocycles. The van der Waals surface area contributed by atoms with Crippen LogP contribution in [0.2, 0.25) is 0 Å². The quantitative estimate of drug-likeness (QED) is 0.339. The van der Waals surface area contributed by atoms with E-state index in [4.69, 9.17) is 0 Å². The molecule has 33 heavy (non-hydrogen) atoms. The van der Waals surface area contributed by atoms with Crippen molar-refractivity contribution in [3.8, 4) is 0 Å². The second-order valence-electron chi connectivity index (χ2n) is 8.61. The van der Waals surface area contributed by atoms with E-state index in [2.05, 4.69) is 43.7 Å². The molecule has 176 valence electrons. The first-order valence-electron chi connectivity index (χ1n) is 11.2. The van der Waals surface area contributed by atoms with Gasteiger partial charge in [0, 0.05) is 11.3 Å². The molecule has 3 rings (SSSR count). The number of carbonyl (C=O) groups excluding carboxylic acids is 2. The molecule has 0 unspecified atom stereocenters. The zero-order valence-electron chi connectivity index (χ0n) is 20.5. The van der Waals surface area contributed by atoms with Gasteiger partial charge in [-0.15, -0.1) is 10.2 Å². The van der Waals surface area contributed by atoms with Gasteiger partial charge in [-0.1, -0.05) is 49.0 Å². The van der Waals surface area contributed by atoms with Crippen molar-refractivity contribution in [1.82, 2.24) is 24.6 Å². The lowest BCUT2D eigenvalue weighted by molar-refractivity contribution is 0.0988. The summed E-state index contributed by atoms with van der Waals surface area (Å²) in [6.45, 7) is 9.82. The van der Waals surface area contributed by atoms with Crippen molar-refractivity contribution in [3.05, 3.63) is 64.2 Å². The molecule has 0 fully saturated rings. The van der Waals surface area contributed by atoms with Crippen LogP contribution in [0.15, 0.2) is 35.5 Å². The predicted octanol–water partition coefficient (Wildman–Crippen LogP) is 4.85. The minimum absolute atomic E-state index is 0.0397. The number of aromatic amines is 1. The van der Waals surface area contributed by atoms with E-state index in [1.165, 1.54) is 18.7 Å². The molecule has 1 N–H and O–H groups in total. The van der Waals surface area contributed by atoms with E-state index in [1.807, 2.05) is 53.1 Å². The molecular weight excluding hydrogens is 434 g/mol. The number of thioether (sulfide) groups is 1. The molecule has 7 nitrogen and oxygen atoms in total. The van der Waals surface area contributed by atoms with Gasteiger partial charge in [0.1, 0.15) is 0 Å². The van der Waals surface area contributed by atoms with E-state index in [9.17, 15) is 9.59 Å². The van der Waals surface area contributed by atoms with Crippen LogP contribution in [-0.2, 0) is 6.54 Å². The van der Waals surface area contributed by atoms with E-state index < -0.39 is 5.25 Å². The Labute approximate surface area is 200 Å². The Kier molecular flexibility index (Phi) is 7.92. The van der Waals surface area contributed by atoms with E-state index >= 15 is 0 Å². The van der Waals surface area contributed by atoms with Crippen LogP contribution in [0.1, 0.15) is 76.7 Å². The van der Waals surface area contributed by atoms with Crippen LogP contribution in [0.3, 0.4) is 0 Å². The number of aryl methyl sites for hydroxylation is 1. The third-order valence-corrected chi connectivity index (χ3v) is 7.00. The molecule has 0 bridgehead atoms. The Morgan fingerprint density at radius 1 is 1.15 bits per heavy atom. The van der Waals surface area contributed by atoms with Gasteiger partial charge in [-0.3, -0.25) is 14.5 Å². The molecule has 0 aliphatic heterocycles. The Balaban J connectivity index is 1.94. The zero-order valence-corrected chi connectivity index (χ0v) is 21.3. The number of nitrogens with one attached hydrogen (secondary N) is 1. The Morgan fingerprint density at radius 3 is 2.36 bits per heavy atom. The summed E-state index contributed by atoms with van der Waals surface area (Å²) < 4.78 is 2.12. The summed E-state index contributed by atoms with van der Waals surface area (Å²) in [5, 5.41) is 9.34. The molecule has 0 amide bonds. The summed E-state index contributed by atoms with van der Waals surface area (Å²) in [4.78, 5) is 30.6. The summed E-state index contributed by atoms with van der Waals surface area (Å²) >= 11 is 1.40. The molecule has 0 spiro atoms. The van der Waals surface area contributed by atoms with Gasteiger partial charge in [0.25, 0.3) is 0 Å². The summed E-state index contributed by atoms with van der Waals surface area (Å²) in [6, 6.07) is 10.3. The minimum Gasteiger partial charge on any atom is -0.355 e. The summed E-state index contributed by atoms with van der Waals surface area (Å²) in [6.07, 6.45) is 0.897. The topological polar surface area (TPSA) is 83.9 Å².